The van der Waals surface area contributed by atoms with E-state index in [9.17, 15) is 13.6 Å². The van der Waals surface area contributed by atoms with Gasteiger partial charge >= 0.3 is 0 Å². The lowest BCUT2D eigenvalue weighted by molar-refractivity contribution is -0.124. The average Bonchev–Trinajstić information content (AvgIpc) is 3.17. The molecule has 1 unspecified atom stereocenters. The van der Waals surface area contributed by atoms with Gasteiger partial charge in [0.15, 0.2) is 11.6 Å². The highest BCUT2D eigenvalue weighted by Crippen LogP contribution is 2.24. The van der Waals surface area contributed by atoms with Crippen molar-refractivity contribution in [2.75, 3.05) is 6.61 Å². The van der Waals surface area contributed by atoms with Crippen LogP contribution in [0.2, 0.25) is 0 Å². The number of nitrogens with one attached hydrogen (secondary N) is 1. The fourth-order valence-corrected chi connectivity index (χ4v) is 1.88. The number of hydrogen-bond donors (Lipinski definition) is 2. The first-order chi connectivity index (χ1) is 9.40. The van der Waals surface area contributed by atoms with E-state index in [1.54, 1.807) is 6.92 Å². The average molecular weight is 284 g/mol. The van der Waals surface area contributed by atoms with Gasteiger partial charge in [0, 0.05) is 18.5 Å². The predicted octanol–water partition coefficient (Wildman–Crippen LogP) is 1.73. The van der Waals surface area contributed by atoms with Crippen molar-refractivity contribution in [3.05, 3.63) is 29.8 Å². The van der Waals surface area contributed by atoms with Crippen LogP contribution >= 0.6 is 0 Å². The number of primary amides is 1. The third kappa shape index (κ3) is 3.66. The van der Waals surface area contributed by atoms with Gasteiger partial charge in [-0.3, -0.25) is 4.79 Å². The second kappa shape index (κ2) is 5.75. The molecule has 1 saturated carbocycles. The Labute approximate surface area is 116 Å². The summed E-state index contributed by atoms with van der Waals surface area (Å²) in [5.41, 5.74) is 4.56. The van der Waals surface area contributed by atoms with E-state index in [-0.39, 0.29) is 12.4 Å². The van der Waals surface area contributed by atoms with E-state index in [1.165, 1.54) is 6.07 Å². The molecular weight excluding hydrogens is 266 g/mol. The van der Waals surface area contributed by atoms with E-state index in [0.717, 1.165) is 25.0 Å². The smallest absolute Gasteiger partial charge is 0.237 e. The molecule has 1 fully saturated rings. The molecule has 0 aromatic heterocycles. The number of hydrogen-bond acceptors (Lipinski definition) is 3. The monoisotopic (exact) mass is 284 g/mol. The quantitative estimate of drug-likeness (QED) is 0.801. The van der Waals surface area contributed by atoms with E-state index in [2.05, 4.69) is 5.32 Å². The summed E-state index contributed by atoms with van der Waals surface area (Å²) in [5.74, 6) is -2.11. The van der Waals surface area contributed by atoms with Gasteiger partial charge in [-0.1, -0.05) is 0 Å². The van der Waals surface area contributed by atoms with Gasteiger partial charge < -0.3 is 15.8 Å². The van der Waals surface area contributed by atoms with Crippen LogP contribution in [0.25, 0.3) is 0 Å². The Hall–Kier alpha value is -1.69. The first-order valence-corrected chi connectivity index (χ1v) is 6.56. The van der Waals surface area contributed by atoms with E-state index >= 15 is 0 Å². The third-order valence-corrected chi connectivity index (χ3v) is 3.41. The molecule has 1 aliphatic carbocycles. The summed E-state index contributed by atoms with van der Waals surface area (Å²) < 4.78 is 31.1. The lowest BCUT2D eigenvalue weighted by atomic mass is 9.97. The zero-order chi connectivity index (χ0) is 14.8. The molecule has 0 bridgehead atoms. The normalized spacial score (nSPS) is 17.6. The second-order valence-electron chi connectivity index (χ2n) is 5.29. The van der Waals surface area contributed by atoms with Crippen molar-refractivity contribution in [2.45, 2.75) is 37.8 Å². The molecule has 6 heteroatoms. The summed E-state index contributed by atoms with van der Waals surface area (Å²) in [4.78, 5) is 11.5. The first kappa shape index (κ1) is 14.7. The zero-order valence-electron chi connectivity index (χ0n) is 11.3. The number of carbonyl (C=O) groups is 1. The Morgan fingerprint density at radius 3 is 2.70 bits per heavy atom. The standard InChI is InChI=1S/C14H18F2N2O2/c1-14(13(17)19,18-9-2-3-9)6-7-20-10-4-5-11(15)12(16)8-10/h4-5,8-9,18H,2-3,6-7H2,1H3,(H2,17,19). The predicted molar refractivity (Wildman–Crippen MR) is 70.2 cm³/mol. The Bertz CT molecular complexity index is 506. The second-order valence-corrected chi connectivity index (χ2v) is 5.29. The summed E-state index contributed by atoms with van der Waals surface area (Å²) in [7, 11) is 0. The van der Waals surface area contributed by atoms with Crippen LogP contribution in [0.15, 0.2) is 18.2 Å². The molecule has 20 heavy (non-hydrogen) atoms. The van der Waals surface area contributed by atoms with Crippen LogP contribution in [0.5, 0.6) is 5.75 Å². The topological polar surface area (TPSA) is 64.3 Å². The number of halogens is 2. The number of ether oxygens (including phenoxy) is 1. The van der Waals surface area contributed by atoms with Crippen LogP contribution in [-0.2, 0) is 4.79 Å². The van der Waals surface area contributed by atoms with E-state index in [4.69, 9.17) is 10.5 Å². The Balaban J connectivity index is 1.89. The maximum absolute atomic E-state index is 13.0. The van der Waals surface area contributed by atoms with Gasteiger partial charge in [-0.2, -0.15) is 0 Å². The number of benzene rings is 1. The molecule has 0 aliphatic heterocycles. The number of carbonyl (C=O) groups excluding carboxylic acids is 1. The minimum atomic E-state index is -0.962. The molecule has 4 nitrogen and oxygen atoms in total. The fourth-order valence-electron chi connectivity index (χ4n) is 1.88. The van der Waals surface area contributed by atoms with Crippen molar-refractivity contribution in [3.8, 4) is 5.75 Å². The van der Waals surface area contributed by atoms with Crippen molar-refractivity contribution in [3.63, 3.8) is 0 Å². The highest BCUT2D eigenvalue weighted by Gasteiger charge is 2.36. The third-order valence-electron chi connectivity index (χ3n) is 3.41. The molecule has 1 aromatic rings. The SMILES string of the molecule is CC(CCOc1ccc(F)c(F)c1)(NC1CC1)C(N)=O. The van der Waals surface area contributed by atoms with Crippen molar-refractivity contribution >= 4 is 5.91 Å². The Morgan fingerprint density at radius 1 is 1.45 bits per heavy atom. The Morgan fingerprint density at radius 2 is 2.15 bits per heavy atom. The van der Waals surface area contributed by atoms with Gasteiger partial charge in [-0.25, -0.2) is 8.78 Å². The summed E-state index contributed by atoms with van der Waals surface area (Å²) in [5, 5.41) is 3.18. The molecule has 0 saturated heterocycles. The highest BCUT2D eigenvalue weighted by atomic mass is 19.2. The molecule has 1 atom stereocenters. The van der Waals surface area contributed by atoms with Crippen LogP contribution in [0.3, 0.4) is 0 Å². The molecule has 0 radical (unpaired) electrons. The summed E-state index contributed by atoms with van der Waals surface area (Å²) >= 11 is 0. The minimum absolute atomic E-state index is 0.185. The van der Waals surface area contributed by atoms with Gasteiger partial charge in [0.05, 0.1) is 12.1 Å². The van der Waals surface area contributed by atoms with Crippen LogP contribution in [0.1, 0.15) is 26.2 Å². The van der Waals surface area contributed by atoms with Crippen LogP contribution in [0, 0.1) is 11.6 Å². The lowest BCUT2D eigenvalue weighted by Crippen LogP contribution is -2.54. The van der Waals surface area contributed by atoms with Gasteiger partial charge in [0.1, 0.15) is 5.75 Å². The van der Waals surface area contributed by atoms with E-state index < -0.39 is 23.1 Å². The molecule has 1 amide bonds. The molecule has 2 rings (SSSR count). The summed E-state index contributed by atoms with van der Waals surface area (Å²) in [6.45, 7) is 1.91. The minimum Gasteiger partial charge on any atom is -0.493 e. The van der Waals surface area contributed by atoms with E-state index in [1.807, 2.05) is 0 Å². The number of amides is 1. The molecule has 0 heterocycles. The van der Waals surface area contributed by atoms with Gasteiger partial charge in [-0.15, -0.1) is 0 Å². The molecular formula is C14H18F2N2O2. The first-order valence-electron chi connectivity index (χ1n) is 6.56. The maximum Gasteiger partial charge on any atom is 0.237 e. The summed E-state index contributed by atoms with van der Waals surface area (Å²) in [6, 6.07) is 3.65. The van der Waals surface area contributed by atoms with Gasteiger partial charge in [-0.05, 0) is 31.9 Å². The molecule has 1 aliphatic rings. The van der Waals surface area contributed by atoms with Gasteiger partial charge in [0.2, 0.25) is 5.91 Å². The van der Waals surface area contributed by atoms with Crippen molar-refractivity contribution in [1.82, 2.24) is 5.32 Å². The number of nitrogens with two attached hydrogens (primary N) is 1. The molecule has 110 valence electrons. The van der Waals surface area contributed by atoms with Crippen molar-refractivity contribution in [2.24, 2.45) is 5.73 Å². The molecule has 3 N–H and O–H groups in total. The fraction of sp³-hybridized carbons (Fsp3) is 0.500. The van der Waals surface area contributed by atoms with Crippen molar-refractivity contribution in [1.29, 1.82) is 0 Å². The van der Waals surface area contributed by atoms with Crippen molar-refractivity contribution < 1.29 is 18.3 Å². The largest absolute Gasteiger partial charge is 0.493 e. The Kier molecular flexibility index (Phi) is 4.23. The van der Waals surface area contributed by atoms with E-state index in [0.29, 0.717) is 12.5 Å². The van der Waals surface area contributed by atoms with Gasteiger partial charge in [0.25, 0.3) is 0 Å². The van der Waals surface area contributed by atoms with Crippen LogP contribution in [-0.4, -0.2) is 24.1 Å². The molecule has 1 aromatic carbocycles. The maximum atomic E-state index is 13.0. The summed E-state index contributed by atoms with van der Waals surface area (Å²) in [6.07, 6.45) is 2.43. The zero-order valence-corrected chi connectivity index (χ0v) is 11.3. The van der Waals surface area contributed by atoms with Crippen LogP contribution in [0.4, 0.5) is 8.78 Å². The van der Waals surface area contributed by atoms with Crippen LogP contribution < -0.4 is 15.8 Å². The number of rotatable bonds is 7. The molecule has 0 spiro atoms. The lowest BCUT2D eigenvalue weighted by Gasteiger charge is -2.27. The highest BCUT2D eigenvalue weighted by molar-refractivity contribution is 5.84.